The first-order valence-corrected chi connectivity index (χ1v) is 8.25. The van der Waals surface area contributed by atoms with Gasteiger partial charge < -0.3 is 14.8 Å². The number of nitriles is 1. The molecule has 0 spiro atoms. The van der Waals surface area contributed by atoms with Gasteiger partial charge in [-0.05, 0) is 19.1 Å². The summed E-state index contributed by atoms with van der Waals surface area (Å²) >= 11 is 0. The molecule has 6 heteroatoms. The van der Waals surface area contributed by atoms with E-state index in [9.17, 15) is 14.9 Å². The number of benzene rings is 2. The quantitative estimate of drug-likeness (QED) is 0.438. The highest BCUT2D eigenvalue weighted by Crippen LogP contribution is 2.44. The van der Waals surface area contributed by atoms with Crippen LogP contribution >= 0.6 is 0 Å². The van der Waals surface area contributed by atoms with Crippen molar-refractivity contribution in [2.75, 3.05) is 6.61 Å². The zero-order valence-corrected chi connectivity index (χ0v) is 14.6. The average molecular weight is 360 g/mol. The Bertz CT molecular complexity index is 967. The summed E-state index contributed by atoms with van der Waals surface area (Å²) in [6.07, 6.45) is 0. The molecule has 134 valence electrons. The summed E-state index contributed by atoms with van der Waals surface area (Å²) in [7, 11) is 0. The summed E-state index contributed by atoms with van der Waals surface area (Å²) in [5.74, 6) is -0.412. The maximum atomic E-state index is 12.7. The van der Waals surface area contributed by atoms with Gasteiger partial charge in [0.15, 0.2) is 0 Å². The summed E-state index contributed by atoms with van der Waals surface area (Å²) in [6, 6.07) is 16.2. The van der Waals surface area contributed by atoms with E-state index in [2.05, 4.69) is 11.9 Å². The fraction of sp³-hybridized carbons (Fsp3) is 0.0952. The number of ether oxygens (including phenoxy) is 2. The summed E-state index contributed by atoms with van der Waals surface area (Å²) in [5, 5.41) is 12.0. The van der Waals surface area contributed by atoms with E-state index >= 15 is 0 Å². The monoisotopic (exact) mass is 360 g/mol. The molecule has 0 saturated carbocycles. The number of carbonyl (C=O) groups is 2. The van der Waals surface area contributed by atoms with Crippen molar-refractivity contribution >= 4 is 17.4 Å². The Morgan fingerprint density at radius 3 is 2.19 bits per heavy atom. The van der Waals surface area contributed by atoms with Crippen LogP contribution in [-0.2, 0) is 14.3 Å². The van der Waals surface area contributed by atoms with E-state index in [1.807, 2.05) is 6.07 Å². The van der Waals surface area contributed by atoms with E-state index in [-0.39, 0.29) is 17.9 Å². The van der Waals surface area contributed by atoms with Gasteiger partial charge in [0.1, 0.15) is 28.8 Å². The highest BCUT2D eigenvalue weighted by atomic mass is 16.5. The molecule has 1 heterocycles. The maximum Gasteiger partial charge on any atom is 0.354 e. The van der Waals surface area contributed by atoms with E-state index in [0.717, 1.165) is 0 Å². The predicted octanol–water partition coefficient (Wildman–Crippen LogP) is 3.31. The Morgan fingerprint density at radius 1 is 1.11 bits per heavy atom. The number of hydrogen-bond acceptors (Lipinski definition) is 5. The van der Waals surface area contributed by atoms with Crippen molar-refractivity contribution in [3.63, 3.8) is 0 Å². The van der Waals surface area contributed by atoms with E-state index < -0.39 is 11.9 Å². The summed E-state index contributed by atoms with van der Waals surface area (Å²) < 4.78 is 10.7. The van der Waals surface area contributed by atoms with Gasteiger partial charge in [-0.25, -0.2) is 4.79 Å². The highest BCUT2D eigenvalue weighted by Gasteiger charge is 2.28. The second-order valence-electron chi connectivity index (χ2n) is 5.61. The van der Waals surface area contributed by atoms with Crippen LogP contribution in [0.3, 0.4) is 0 Å². The standard InChI is InChI=1S/C21H16N2O4/c1-3-26-21(25)13(2)23-20(24)16(12-22)19-14-8-4-6-10-17(14)27-18-11-7-5-9-15(18)19/h4-11H,2-3H2,1H3,(H,23,24). The van der Waals surface area contributed by atoms with Gasteiger partial charge in [-0.2, -0.15) is 5.26 Å². The zero-order chi connectivity index (χ0) is 19.4. The van der Waals surface area contributed by atoms with E-state index in [1.54, 1.807) is 55.5 Å². The lowest BCUT2D eigenvalue weighted by Gasteiger charge is -2.23. The number of nitrogens with zero attached hydrogens (tertiary/aromatic N) is 1. The molecule has 0 saturated heterocycles. The van der Waals surface area contributed by atoms with Crippen molar-refractivity contribution in [3.05, 3.63) is 77.5 Å². The maximum absolute atomic E-state index is 12.7. The number of para-hydroxylation sites is 2. The van der Waals surface area contributed by atoms with E-state index in [1.165, 1.54) is 0 Å². The smallest absolute Gasteiger partial charge is 0.354 e. The third-order valence-corrected chi connectivity index (χ3v) is 3.91. The molecule has 1 aliphatic rings. The lowest BCUT2D eigenvalue weighted by atomic mass is 9.90. The van der Waals surface area contributed by atoms with Gasteiger partial charge in [0.05, 0.1) is 6.61 Å². The molecule has 2 aromatic rings. The van der Waals surface area contributed by atoms with Crippen LogP contribution in [0.2, 0.25) is 0 Å². The number of amides is 1. The Kier molecular flexibility index (Phi) is 5.04. The molecule has 0 aromatic heterocycles. The van der Waals surface area contributed by atoms with Crippen molar-refractivity contribution in [2.24, 2.45) is 0 Å². The highest BCUT2D eigenvalue weighted by molar-refractivity contribution is 6.11. The lowest BCUT2D eigenvalue weighted by molar-refractivity contribution is -0.139. The topological polar surface area (TPSA) is 88.4 Å². The third kappa shape index (κ3) is 3.44. The number of nitrogens with one attached hydrogen (secondary N) is 1. The van der Waals surface area contributed by atoms with E-state index in [4.69, 9.17) is 9.47 Å². The van der Waals surface area contributed by atoms with Crippen molar-refractivity contribution in [2.45, 2.75) is 6.92 Å². The Morgan fingerprint density at radius 2 is 1.67 bits per heavy atom. The number of carbonyl (C=O) groups excluding carboxylic acids is 2. The van der Waals surface area contributed by atoms with E-state index in [0.29, 0.717) is 28.2 Å². The first kappa shape index (κ1) is 18.0. The summed E-state index contributed by atoms with van der Waals surface area (Å²) in [4.78, 5) is 24.4. The van der Waals surface area contributed by atoms with Crippen molar-refractivity contribution in [3.8, 4) is 17.6 Å². The van der Waals surface area contributed by atoms with Crippen LogP contribution in [0.4, 0.5) is 0 Å². The van der Waals surface area contributed by atoms with Crippen LogP contribution in [0, 0.1) is 11.3 Å². The average Bonchev–Trinajstić information content (AvgIpc) is 2.68. The Balaban J connectivity index is 2.09. The molecule has 0 fully saturated rings. The third-order valence-electron chi connectivity index (χ3n) is 3.91. The molecule has 3 rings (SSSR count). The van der Waals surface area contributed by atoms with Crippen molar-refractivity contribution < 1.29 is 19.1 Å². The molecule has 0 aliphatic carbocycles. The summed E-state index contributed by atoms with van der Waals surface area (Å²) in [5.41, 5.74) is 1.28. The van der Waals surface area contributed by atoms with Crippen LogP contribution in [-0.4, -0.2) is 18.5 Å². The second kappa shape index (κ2) is 7.58. The molecule has 1 N–H and O–H groups in total. The molecule has 0 radical (unpaired) electrons. The fourth-order valence-corrected chi connectivity index (χ4v) is 2.75. The minimum Gasteiger partial charge on any atom is -0.461 e. The zero-order valence-electron chi connectivity index (χ0n) is 14.6. The SMILES string of the molecule is C=C(NC(=O)C(C#N)=C1c2ccccc2Oc2ccccc21)C(=O)OCC. The number of rotatable bonds is 4. The molecule has 2 aromatic carbocycles. The van der Waals surface area contributed by atoms with Crippen LogP contribution in [0.15, 0.2) is 66.4 Å². The molecule has 0 atom stereocenters. The summed E-state index contributed by atoms with van der Waals surface area (Å²) in [6.45, 7) is 5.30. The van der Waals surface area contributed by atoms with Gasteiger partial charge in [-0.1, -0.05) is 43.0 Å². The minimum atomic E-state index is -0.749. The van der Waals surface area contributed by atoms with Crippen molar-refractivity contribution in [1.29, 1.82) is 5.26 Å². The van der Waals surface area contributed by atoms with Gasteiger partial charge in [0.25, 0.3) is 5.91 Å². The fourth-order valence-electron chi connectivity index (χ4n) is 2.75. The van der Waals surface area contributed by atoms with Crippen molar-refractivity contribution in [1.82, 2.24) is 5.32 Å². The van der Waals surface area contributed by atoms with Gasteiger partial charge in [0.2, 0.25) is 0 Å². The predicted molar refractivity (Wildman–Crippen MR) is 98.5 cm³/mol. The molecule has 27 heavy (non-hydrogen) atoms. The van der Waals surface area contributed by atoms with Gasteiger partial charge >= 0.3 is 5.97 Å². The van der Waals surface area contributed by atoms with Gasteiger partial charge in [-0.15, -0.1) is 0 Å². The second-order valence-corrected chi connectivity index (χ2v) is 5.61. The van der Waals surface area contributed by atoms with Crippen LogP contribution < -0.4 is 10.1 Å². The first-order valence-electron chi connectivity index (χ1n) is 8.25. The van der Waals surface area contributed by atoms with Crippen LogP contribution in [0.25, 0.3) is 5.57 Å². The molecule has 1 amide bonds. The minimum absolute atomic E-state index is 0.149. The van der Waals surface area contributed by atoms with Crippen LogP contribution in [0.1, 0.15) is 18.1 Å². The molecule has 1 aliphatic heterocycles. The lowest BCUT2D eigenvalue weighted by Crippen LogP contribution is -2.29. The first-order chi connectivity index (χ1) is 13.1. The van der Waals surface area contributed by atoms with Crippen LogP contribution in [0.5, 0.6) is 11.5 Å². The Labute approximate surface area is 156 Å². The normalized spacial score (nSPS) is 11.2. The molecule has 0 unspecified atom stereocenters. The molecular formula is C21H16N2O4. The Hall–Kier alpha value is -3.85. The van der Waals surface area contributed by atoms with Gasteiger partial charge in [-0.3, -0.25) is 4.79 Å². The van der Waals surface area contributed by atoms with Gasteiger partial charge in [0, 0.05) is 16.7 Å². The number of esters is 1. The molecule has 0 bridgehead atoms. The molecule has 6 nitrogen and oxygen atoms in total. The number of hydrogen-bond donors (Lipinski definition) is 1. The number of fused-ring (bicyclic) bond motifs is 2. The largest absolute Gasteiger partial charge is 0.461 e. The molecular weight excluding hydrogens is 344 g/mol.